The Bertz CT molecular complexity index is 377. The number of unbranched alkanes of at least 4 members (excludes halogenated alkanes) is 1. The molecule has 17 heavy (non-hydrogen) atoms. The zero-order valence-corrected chi connectivity index (χ0v) is 10.1. The molecule has 0 aliphatic heterocycles. The van der Waals surface area contributed by atoms with Crippen molar-refractivity contribution in [1.29, 1.82) is 0 Å². The van der Waals surface area contributed by atoms with Crippen molar-refractivity contribution in [3.8, 4) is 0 Å². The smallest absolute Gasteiger partial charge is 0.305 e. The fraction of sp³-hybridized carbons (Fsp3) is 0.267. The molecular weight excluding hydrogens is 212 g/mol. The van der Waals surface area contributed by atoms with Crippen LogP contribution < -0.4 is 0 Å². The first-order chi connectivity index (χ1) is 8.33. The van der Waals surface area contributed by atoms with E-state index >= 15 is 0 Å². The second-order valence-electron chi connectivity index (χ2n) is 3.67. The maximum absolute atomic E-state index is 10.8. The molecule has 0 aliphatic rings. The van der Waals surface area contributed by atoms with Crippen molar-refractivity contribution in [2.24, 2.45) is 0 Å². The van der Waals surface area contributed by atoms with E-state index in [2.05, 4.69) is 29.0 Å². The van der Waals surface area contributed by atoms with Crippen molar-refractivity contribution in [2.75, 3.05) is 7.11 Å². The van der Waals surface area contributed by atoms with Gasteiger partial charge in [-0.15, -0.1) is 0 Å². The minimum Gasteiger partial charge on any atom is -0.469 e. The molecule has 0 spiro atoms. The summed E-state index contributed by atoms with van der Waals surface area (Å²) in [6.45, 7) is 0. The number of carbonyl (C=O) groups is 1. The summed E-state index contributed by atoms with van der Waals surface area (Å²) in [6.07, 6.45) is 10.3. The first-order valence-electron chi connectivity index (χ1n) is 5.78. The predicted molar refractivity (Wildman–Crippen MR) is 70.5 cm³/mol. The minimum absolute atomic E-state index is 0.141. The Balaban J connectivity index is 2.18. The van der Waals surface area contributed by atoms with Crippen LogP contribution in [0.25, 0.3) is 6.08 Å². The molecule has 0 aliphatic carbocycles. The summed E-state index contributed by atoms with van der Waals surface area (Å²) in [4.78, 5) is 10.8. The molecule has 1 rings (SSSR count). The number of esters is 1. The third kappa shape index (κ3) is 6.36. The summed E-state index contributed by atoms with van der Waals surface area (Å²) in [5.41, 5.74) is 1.19. The van der Waals surface area contributed by atoms with Crippen molar-refractivity contribution >= 4 is 12.0 Å². The van der Waals surface area contributed by atoms with Gasteiger partial charge in [0.2, 0.25) is 0 Å². The maximum atomic E-state index is 10.8. The van der Waals surface area contributed by atoms with Crippen LogP contribution in [0.1, 0.15) is 24.8 Å². The molecule has 2 nitrogen and oxygen atoms in total. The van der Waals surface area contributed by atoms with Gasteiger partial charge in [0.25, 0.3) is 0 Å². The highest BCUT2D eigenvalue weighted by Crippen LogP contribution is 2.02. The molecule has 0 radical (unpaired) electrons. The summed E-state index contributed by atoms with van der Waals surface area (Å²) >= 11 is 0. The lowest BCUT2D eigenvalue weighted by molar-refractivity contribution is -0.140. The number of methoxy groups -OCH3 is 1. The van der Waals surface area contributed by atoms with Gasteiger partial charge in [-0.05, 0) is 18.4 Å². The van der Waals surface area contributed by atoms with Gasteiger partial charge in [-0.2, -0.15) is 0 Å². The number of hydrogen-bond acceptors (Lipinski definition) is 2. The fourth-order valence-corrected chi connectivity index (χ4v) is 1.37. The molecule has 90 valence electrons. The molecule has 0 heterocycles. The van der Waals surface area contributed by atoms with Gasteiger partial charge in [0.1, 0.15) is 0 Å². The Morgan fingerprint density at radius 2 is 2.00 bits per heavy atom. The quantitative estimate of drug-likeness (QED) is 0.424. The maximum Gasteiger partial charge on any atom is 0.305 e. The molecule has 1 aromatic carbocycles. The van der Waals surface area contributed by atoms with Crippen LogP contribution in [0, 0.1) is 0 Å². The first-order valence-corrected chi connectivity index (χ1v) is 5.78. The van der Waals surface area contributed by atoms with Crippen LogP contribution in [0.15, 0.2) is 48.6 Å². The zero-order valence-electron chi connectivity index (χ0n) is 10.1. The molecule has 0 unspecified atom stereocenters. The van der Waals surface area contributed by atoms with Gasteiger partial charge in [-0.25, -0.2) is 0 Å². The number of carbonyl (C=O) groups excluding carboxylic acids is 1. The van der Waals surface area contributed by atoms with E-state index < -0.39 is 0 Å². The Kier molecular flexibility index (Phi) is 6.49. The second-order valence-corrected chi connectivity index (χ2v) is 3.67. The normalized spacial score (nSPS) is 11.1. The number of allylic oxidation sites excluding steroid dienone is 3. The van der Waals surface area contributed by atoms with Gasteiger partial charge in [-0.3, -0.25) is 4.79 Å². The van der Waals surface area contributed by atoms with E-state index in [9.17, 15) is 4.79 Å². The van der Waals surface area contributed by atoms with Crippen LogP contribution in [-0.2, 0) is 9.53 Å². The van der Waals surface area contributed by atoms with Crippen LogP contribution in [-0.4, -0.2) is 13.1 Å². The van der Waals surface area contributed by atoms with Crippen LogP contribution in [0.5, 0.6) is 0 Å². The van der Waals surface area contributed by atoms with Gasteiger partial charge in [0.05, 0.1) is 7.11 Å². The number of ether oxygens (including phenoxy) is 1. The highest BCUT2D eigenvalue weighted by Gasteiger charge is 1.96. The molecule has 0 saturated heterocycles. The number of rotatable bonds is 6. The van der Waals surface area contributed by atoms with Gasteiger partial charge >= 0.3 is 5.97 Å². The van der Waals surface area contributed by atoms with Crippen molar-refractivity contribution in [3.05, 3.63) is 54.1 Å². The number of hydrogen-bond donors (Lipinski definition) is 0. The van der Waals surface area contributed by atoms with Crippen LogP contribution in [0.3, 0.4) is 0 Å². The van der Waals surface area contributed by atoms with Gasteiger partial charge in [0, 0.05) is 6.42 Å². The molecule has 0 atom stereocenters. The van der Waals surface area contributed by atoms with Crippen LogP contribution in [0.4, 0.5) is 0 Å². The van der Waals surface area contributed by atoms with E-state index in [0.29, 0.717) is 6.42 Å². The van der Waals surface area contributed by atoms with Gasteiger partial charge in [-0.1, -0.05) is 54.6 Å². The van der Waals surface area contributed by atoms with E-state index in [-0.39, 0.29) is 5.97 Å². The molecule has 0 N–H and O–H groups in total. The standard InChI is InChI=1S/C15H18O2/c1-17-15(16)13-9-4-2-3-6-10-14-11-7-5-8-12-14/h2-3,5-8,10-12H,4,9,13H2,1H3. The van der Waals surface area contributed by atoms with E-state index in [1.807, 2.05) is 30.4 Å². The lowest BCUT2D eigenvalue weighted by Crippen LogP contribution is -1.98. The van der Waals surface area contributed by atoms with Crippen LogP contribution in [0.2, 0.25) is 0 Å². The van der Waals surface area contributed by atoms with Crippen molar-refractivity contribution in [3.63, 3.8) is 0 Å². The summed E-state index contributed by atoms with van der Waals surface area (Å²) in [5, 5.41) is 0. The highest BCUT2D eigenvalue weighted by atomic mass is 16.5. The molecule has 0 amide bonds. The molecular formula is C15H18O2. The third-order valence-electron chi connectivity index (χ3n) is 2.31. The summed E-state index contributed by atoms with van der Waals surface area (Å²) in [5.74, 6) is -0.141. The third-order valence-corrected chi connectivity index (χ3v) is 2.31. The molecule has 0 saturated carbocycles. The molecule has 0 fully saturated rings. The van der Waals surface area contributed by atoms with E-state index in [4.69, 9.17) is 0 Å². The average Bonchev–Trinajstić information content (AvgIpc) is 2.38. The Labute approximate surface area is 103 Å². The second kappa shape index (κ2) is 8.34. The Morgan fingerprint density at radius 1 is 1.24 bits per heavy atom. The minimum atomic E-state index is -0.141. The van der Waals surface area contributed by atoms with E-state index in [0.717, 1.165) is 12.8 Å². The van der Waals surface area contributed by atoms with Crippen molar-refractivity contribution in [2.45, 2.75) is 19.3 Å². The summed E-state index contributed by atoms with van der Waals surface area (Å²) < 4.78 is 4.56. The number of benzene rings is 1. The average molecular weight is 230 g/mol. The SMILES string of the molecule is COC(=O)CCCC=CC=Cc1ccccc1. The van der Waals surface area contributed by atoms with Crippen molar-refractivity contribution < 1.29 is 9.53 Å². The molecule has 0 bridgehead atoms. The lowest BCUT2D eigenvalue weighted by atomic mass is 10.2. The largest absolute Gasteiger partial charge is 0.469 e. The first kappa shape index (κ1) is 13.2. The van der Waals surface area contributed by atoms with Crippen molar-refractivity contribution in [1.82, 2.24) is 0 Å². The topological polar surface area (TPSA) is 26.3 Å². The molecule has 2 heteroatoms. The summed E-state index contributed by atoms with van der Waals surface area (Å²) in [6, 6.07) is 10.1. The highest BCUT2D eigenvalue weighted by molar-refractivity contribution is 5.69. The monoisotopic (exact) mass is 230 g/mol. The van der Waals surface area contributed by atoms with E-state index in [1.165, 1.54) is 12.7 Å². The van der Waals surface area contributed by atoms with Gasteiger partial charge < -0.3 is 4.74 Å². The predicted octanol–water partition coefficient (Wildman–Crippen LogP) is 3.60. The van der Waals surface area contributed by atoms with Gasteiger partial charge in [0.15, 0.2) is 0 Å². The zero-order chi connectivity index (χ0) is 12.3. The fourth-order valence-electron chi connectivity index (χ4n) is 1.37. The summed E-state index contributed by atoms with van der Waals surface area (Å²) in [7, 11) is 1.42. The lowest BCUT2D eigenvalue weighted by Gasteiger charge is -1.95. The Hall–Kier alpha value is -1.83. The van der Waals surface area contributed by atoms with Crippen LogP contribution >= 0.6 is 0 Å². The molecule has 0 aromatic heterocycles. The van der Waals surface area contributed by atoms with E-state index in [1.54, 1.807) is 0 Å². The molecule has 1 aromatic rings. The Morgan fingerprint density at radius 3 is 2.71 bits per heavy atom.